The Morgan fingerprint density at radius 2 is 1.77 bits per heavy atom. The summed E-state index contributed by atoms with van der Waals surface area (Å²) >= 11 is 0. The summed E-state index contributed by atoms with van der Waals surface area (Å²) in [6.45, 7) is 4.58. The van der Waals surface area contributed by atoms with Crippen LogP contribution in [0.4, 0.5) is 0 Å². The number of nitrogens with one attached hydrogen (secondary N) is 1. The van der Waals surface area contributed by atoms with E-state index >= 15 is 0 Å². The minimum Gasteiger partial charge on any atom is -0.381 e. The summed E-state index contributed by atoms with van der Waals surface area (Å²) in [4.78, 5) is 13.0. The minimum atomic E-state index is -0.445. The molecule has 0 aromatic heterocycles. The summed E-state index contributed by atoms with van der Waals surface area (Å²) in [5.74, 6) is 0.122. The third kappa shape index (κ3) is 4.24. The van der Waals surface area contributed by atoms with Crippen molar-refractivity contribution in [3.8, 4) is 0 Å². The van der Waals surface area contributed by atoms with E-state index in [1.807, 2.05) is 0 Å². The quantitative estimate of drug-likeness (QED) is 0.821. The lowest BCUT2D eigenvalue weighted by Gasteiger charge is -2.41. The van der Waals surface area contributed by atoms with E-state index in [0.29, 0.717) is 19.8 Å². The molecular weight excluding hydrogens is 348 g/mol. The van der Waals surface area contributed by atoms with Gasteiger partial charge in [-0.1, -0.05) is 43.5 Å². The third-order valence-corrected chi connectivity index (χ3v) is 6.44. The zero-order valence-corrected chi connectivity index (χ0v) is 16.7. The Kier molecular flexibility index (Phi) is 7.51. The molecule has 3 N–H and O–H groups in total. The number of hydrogen-bond acceptors (Lipinski definition) is 3. The van der Waals surface area contributed by atoms with Crippen molar-refractivity contribution >= 4 is 18.3 Å². The number of amides is 1. The van der Waals surface area contributed by atoms with E-state index in [-0.39, 0.29) is 23.7 Å². The van der Waals surface area contributed by atoms with Crippen LogP contribution in [0, 0.1) is 12.3 Å². The van der Waals surface area contributed by atoms with Gasteiger partial charge in [-0.2, -0.15) is 0 Å². The zero-order valence-electron chi connectivity index (χ0n) is 15.9. The monoisotopic (exact) mass is 380 g/mol. The zero-order chi connectivity index (χ0) is 17.8. The second-order valence-corrected chi connectivity index (χ2v) is 7.94. The van der Waals surface area contributed by atoms with Gasteiger partial charge in [-0.3, -0.25) is 4.79 Å². The molecule has 5 heteroatoms. The van der Waals surface area contributed by atoms with Crippen molar-refractivity contribution in [1.82, 2.24) is 5.32 Å². The van der Waals surface area contributed by atoms with Crippen LogP contribution in [0.3, 0.4) is 0 Å². The molecule has 1 aliphatic carbocycles. The topological polar surface area (TPSA) is 64.4 Å². The van der Waals surface area contributed by atoms with Crippen LogP contribution in [0.5, 0.6) is 0 Å². The average molecular weight is 381 g/mol. The maximum atomic E-state index is 13.0. The van der Waals surface area contributed by atoms with Crippen LogP contribution in [-0.4, -0.2) is 32.2 Å². The standard InChI is InChI=1S/C21H32N2O2.ClH/c1-17-7-3-4-8-18(17)21(9-5-2-6-10-21)16-23-19(24)20(15-22)11-13-25-14-12-20;/h3-4,7-8H,2,5-6,9-16,22H2,1H3,(H,23,24);1H. The molecule has 0 spiro atoms. The summed E-state index contributed by atoms with van der Waals surface area (Å²) in [5, 5.41) is 3.31. The van der Waals surface area contributed by atoms with Gasteiger partial charge in [0, 0.05) is 31.7 Å². The molecule has 0 bridgehead atoms. The molecule has 1 aromatic rings. The lowest BCUT2D eigenvalue weighted by Crippen LogP contribution is -2.52. The van der Waals surface area contributed by atoms with Crippen molar-refractivity contribution in [2.45, 2.75) is 57.3 Å². The van der Waals surface area contributed by atoms with Gasteiger partial charge in [0.1, 0.15) is 0 Å². The fourth-order valence-corrected chi connectivity index (χ4v) is 4.66. The molecule has 1 heterocycles. The van der Waals surface area contributed by atoms with Crippen molar-refractivity contribution < 1.29 is 9.53 Å². The number of hydrogen-bond donors (Lipinski definition) is 2. The molecule has 4 nitrogen and oxygen atoms in total. The summed E-state index contributed by atoms with van der Waals surface area (Å²) in [5.41, 5.74) is 8.36. The first kappa shape index (κ1) is 21.2. The molecule has 1 amide bonds. The van der Waals surface area contributed by atoms with E-state index in [0.717, 1.165) is 32.2 Å². The van der Waals surface area contributed by atoms with Gasteiger partial charge >= 0.3 is 0 Å². The maximum Gasteiger partial charge on any atom is 0.227 e. The molecule has 0 atom stereocenters. The molecule has 26 heavy (non-hydrogen) atoms. The fraction of sp³-hybridized carbons (Fsp3) is 0.667. The predicted molar refractivity (Wildman–Crippen MR) is 108 cm³/mol. The number of benzene rings is 1. The van der Waals surface area contributed by atoms with Crippen molar-refractivity contribution in [1.29, 1.82) is 0 Å². The summed E-state index contributed by atoms with van der Waals surface area (Å²) in [6, 6.07) is 8.66. The van der Waals surface area contributed by atoms with Crippen molar-refractivity contribution in [3.63, 3.8) is 0 Å². The Labute approximate surface area is 163 Å². The minimum absolute atomic E-state index is 0. The molecular formula is C21H33ClN2O2. The van der Waals surface area contributed by atoms with E-state index in [1.54, 1.807) is 0 Å². The lowest BCUT2D eigenvalue weighted by molar-refractivity contribution is -0.136. The highest BCUT2D eigenvalue weighted by Crippen LogP contribution is 2.40. The molecule has 1 saturated carbocycles. The van der Waals surface area contributed by atoms with E-state index in [4.69, 9.17) is 10.5 Å². The predicted octanol–water partition coefficient (Wildman–Crippen LogP) is 3.49. The van der Waals surface area contributed by atoms with Gasteiger partial charge in [0.05, 0.1) is 5.41 Å². The van der Waals surface area contributed by atoms with Gasteiger partial charge in [-0.15, -0.1) is 12.4 Å². The molecule has 2 fully saturated rings. The number of halogens is 1. The highest BCUT2D eigenvalue weighted by atomic mass is 35.5. The van der Waals surface area contributed by atoms with E-state index < -0.39 is 5.41 Å². The smallest absolute Gasteiger partial charge is 0.227 e. The Morgan fingerprint density at radius 1 is 1.12 bits per heavy atom. The van der Waals surface area contributed by atoms with Crippen molar-refractivity contribution in [3.05, 3.63) is 35.4 Å². The fourth-order valence-electron chi connectivity index (χ4n) is 4.66. The highest BCUT2D eigenvalue weighted by molar-refractivity contribution is 5.85. The van der Waals surface area contributed by atoms with Crippen LogP contribution >= 0.6 is 12.4 Å². The molecule has 2 aliphatic rings. The van der Waals surface area contributed by atoms with Crippen molar-refractivity contribution in [2.24, 2.45) is 11.1 Å². The first-order valence-electron chi connectivity index (χ1n) is 9.74. The van der Waals surface area contributed by atoms with Crippen molar-refractivity contribution in [2.75, 3.05) is 26.3 Å². The third-order valence-electron chi connectivity index (χ3n) is 6.44. The molecule has 1 aromatic carbocycles. The molecule has 146 valence electrons. The summed E-state index contributed by atoms with van der Waals surface area (Å²) < 4.78 is 5.44. The van der Waals surface area contributed by atoms with Crippen LogP contribution in [0.1, 0.15) is 56.1 Å². The number of aryl methyl sites for hydroxylation is 1. The second-order valence-electron chi connectivity index (χ2n) is 7.94. The van der Waals surface area contributed by atoms with Gasteiger partial charge in [0.15, 0.2) is 0 Å². The highest BCUT2D eigenvalue weighted by Gasteiger charge is 2.41. The first-order valence-corrected chi connectivity index (χ1v) is 9.74. The first-order chi connectivity index (χ1) is 12.1. The van der Waals surface area contributed by atoms with E-state index in [9.17, 15) is 4.79 Å². The van der Waals surface area contributed by atoms with Gasteiger partial charge in [0.2, 0.25) is 5.91 Å². The van der Waals surface area contributed by atoms with E-state index in [2.05, 4.69) is 36.5 Å². The van der Waals surface area contributed by atoms with Crippen LogP contribution < -0.4 is 11.1 Å². The van der Waals surface area contributed by atoms with Gasteiger partial charge in [-0.05, 0) is 43.7 Å². The number of nitrogens with two attached hydrogens (primary N) is 1. The molecule has 0 radical (unpaired) electrons. The lowest BCUT2D eigenvalue weighted by atomic mass is 9.68. The Hall–Kier alpha value is -1.10. The summed E-state index contributed by atoms with van der Waals surface area (Å²) in [7, 11) is 0. The summed E-state index contributed by atoms with van der Waals surface area (Å²) in [6.07, 6.45) is 7.53. The molecule has 0 unspecified atom stereocenters. The second kappa shape index (κ2) is 9.20. The van der Waals surface area contributed by atoms with Crippen LogP contribution in [0.15, 0.2) is 24.3 Å². The van der Waals surface area contributed by atoms with Crippen LogP contribution in [-0.2, 0) is 14.9 Å². The number of ether oxygens (including phenoxy) is 1. The molecule has 3 rings (SSSR count). The largest absolute Gasteiger partial charge is 0.381 e. The molecule has 1 aliphatic heterocycles. The van der Waals surface area contributed by atoms with Crippen LogP contribution in [0.2, 0.25) is 0 Å². The van der Waals surface area contributed by atoms with Crippen LogP contribution in [0.25, 0.3) is 0 Å². The van der Waals surface area contributed by atoms with Gasteiger partial charge < -0.3 is 15.8 Å². The Bertz CT molecular complexity index is 593. The van der Waals surface area contributed by atoms with Gasteiger partial charge in [0.25, 0.3) is 0 Å². The Morgan fingerprint density at radius 3 is 2.38 bits per heavy atom. The number of rotatable bonds is 5. The van der Waals surface area contributed by atoms with E-state index in [1.165, 1.54) is 30.4 Å². The Balaban J connectivity index is 0.00000243. The number of carbonyl (C=O) groups is 1. The SMILES string of the molecule is Cc1ccccc1C1(CNC(=O)C2(CN)CCOCC2)CCCCC1.Cl. The number of carbonyl (C=O) groups excluding carboxylic acids is 1. The normalized spacial score (nSPS) is 21.5. The molecule has 1 saturated heterocycles. The maximum absolute atomic E-state index is 13.0. The average Bonchev–Trinajstić information content (AvgIpc) is 2.67. The van der Waals surface area contributed by atoms with Gasteiger partial charge in [-0.25, -0.2) is 0 Å².